The number of carbonyl (C=O) groups is 1. The van der Waals surface area contributed by atoms with E-state index in [1.54, 1.807) is 12.1 Å². The van der Waals surface area contributed by atoms with E-state index in [9.17, 15) is 4.79 Å². The van der Waals surface area contributed by atoms with Crippen molar-refractivity contribution in [3.05, 3.63) is 47.8 Å². The third kappa shape index (κ3) is 4.01. The maximum absolute atomic E-state index is 12.2. The molecule has 0 radical (unpaired) electrons. The first-order valence-corrected chi connectivity index (χ1v) is 9.61. The summed E-state index contributed by atoms with van der Waals surface area (Å²) < 4.78 is 21.8. The molecule has 0 spiro atoms. The van der Waals surface area contributed by atoms with Crippen LogP contribution in [0.25, 0.3) is 11.3 Å². The maximum atomic E-state index is 12.2. The third-order valence-electron chi connectivity index (χ3n) is 3.93. The number of aromatic nitrogens is 1. The topological polar surface area (TPSA) is 78.9 Å². The number of anilines is 1. The van der Waals surface area contributed by atoms with Crippen LogP contribution in [-0.2, 0) is 4.79 Å². The Morgan fingerprint density at radius 2 is 1.93 bits per heavy atom. The standard InChI is InChI=1S/C20H18N2O5S/c1-2-24-15-5-3-4-6-16(15)25-10-19(23)22-20-21-14(11-28-20)13-7-8-17-18(9-13)27-12-26-17/h3-9,11H,2,10,12H2,1H3,(H,21,22,23). The van der Waals surface area contributed by atoms with Gasteiger partial charge in [-0.1, -0.05) is 12.1 Å². The van der Waals surface area contributed by atoms with E-state index in [1.807, 2.05) is 42.6 Å². The van der Waals surface area contributed by atoms with Crippen LogP contribution in [0.3, 0.4) is 0 Å². The Hall–Kier alpha value is -3.26. The number of thiazole rings is 1. The number of amides is 1. The number of para-hydroxylation sites is 2. The molecule has 4 rings (SSSR count). The average molecular weight is 398 g/mol. The van der Waals surface area contributed by atoms with Gasteiger partial charge in [-0.15, -0.1) is 11.3 Å². The molecule has 1 aromatic heterocycles. The van der Waals surface area contributed by atoms with E-state index in [0.717, 1.165) is 17.0 Å². The summed E-state index contributed by atoms with van der Waals surface area (Å²) >= 11 is 1.34. The van der Waals surface area contributed by atoms with Crippen LogP contribution in [0.1, 0.15) is 6.92 Å². The lowest BCUT2D eigenvalue weighted by Crippen LogP contribution is -2.20. The first-order chi connectivity index (χ1) is 13.7. The molecule has 2 aromatic carbocycles. The van der Waals surface area contributed by atoms with Gasteiger partial charge in [-0.2, -0.15) is 0 Å². The number of ether oxygens (including phenoxy) is 4. The molecule has 2 heterocycles. The van der Waals surface area contributed by atoms with Crippen LogP contribution in [0.15, 0.2) is 47.8 Å². The Kier molecular flexibility index (Phi) is 5.29. The van der Waals surface area contributed by atoms with Gasteiger partial charge in [0.15, 0.2) is 34.7 Å². The highest BCUT2D eigenvalue weighted by Crippen LogP contribution is 2.36. The van der Waals surface area contributed by atoms with Gasteiger partial charge >= 0.3 is 0 Å². The Labute approximate surface area is 165 Å². The minimum Gasteiger partial charge on any atom is -0.490 e. The van der Waals surface area contributed by atoms with E-state index < -0.39 is 0 Å². The zero-order chi connectivity index (χ0) is 19.3. The SMILES string of the molecule is CCOc1ccccc1OCC(=O)Nc1nc(-c2ccc3c(c2)OCO3)cs1. The monoisotopic (exact) mass is 398 g/mol. The number of nitrogens with one attached hydrogen (secondary N) is 1. The number of hydrogen-bond acceptors (Lipinski definition) is 7. The van der Waals surface area contributed by atoms with Gasteiger partial charge in [0.05, 0.1) is 12.3 Å². The Bertz CT molecular complexity index is 988. The largest absolute Gasteiger partial charge is 0.490 e. The molecule has 0 aliphatic carbocycles. The summed E-state index contributed by atoms with van der Waals surface area (Å²) in [6, 6.07) is 12.9. The molecule has 1 aliphatic rings. The Morgan fingerprint density at radius 3 is 2.75 bits per heavy atom. The molecular weight excluding hydrogens is 380 g/mol. The van der Waals surface area contributed by atoms with Crippen molar-refractivity contribution in [1.82, 2.24) is 4.98 Å². The fourth-order valence-electron chi connectivity index (χ4n) is 2.66. The van der Waals surface area contributed by atoms with Gasteiger partial charge in [0.25, 0.3) is 5.91 Å². The zero-order valence-electron chi connectivity index (χ0n) is 15.1. The van der Waals surface area contributed by atoms with Crippen LogP contribution in [0.5, 0.6) is 23.0 Å². The number of rotatable bonds is 7. The fourth-order valence-corrected chi connectivity index (χ4v) is 3.40. The molecule has 3 aromatic rings. The van der Waals surface area contributed by atoms with Crippen LogP contribution in [-0.4, -0.2) is 30.9 Å². The van der Waals surface area contributed by atoms with Gasteiger partial charge in [0, 0.05) is 10.9 Å². The van der Waals surface area contributed by atoms with E-state index in [1.165, 1.54) is 11.3 Å². The molecule has 1 aliphatic heterocycles. The van der Waals surface area contributed by atoms with Crippen LogP contribution >= 0.6 is 11.3 Å². The van der Waals surface area contributed by atoms with Crippen molar-refractivity contribution in [2.24, 2.45) is 0 Å². The summed E-state index contributed by atoms with van der Waals surface area (Å²) in [6.07, 6.45) is 0. The summed E-state index contributed by atoms with van der Waals surface area (Å²) in [7, 11) is 0. The average Bonchev–Trinajstić information content (AvgIpc) is 3.36. The molecule has 144 valence electrons. The second-order valence-electron chi connectivity index (χ2n) is 5.82. The molecule has 28 heavy (non-hydrogen) atoms. The number of benzene rings is 2. The Morgan fingerprint density at radius 1 is 1.14 bits per heavy atom. The van der Waals surface area contributed by atoms with Gasteiger partial charge in [0.1, 0.15) is 0 Å². The quantitative estimate of drug-likeness (QED) is 0.649. The van der Waals surface area contributed by atoms with E-state index in [2.05, 4.69) is 10.3 Å². The molecule has 7 nitrogen and oxygen atoms in total. The Balaban J connectivity index is 1.37. The van der Waals surface area contributed by atoms with Crippen LogP contribution in [0, 0.1) is 0 Å². The molecular formula is C20H18N2O5S. The summed E-state index contributed by atoms with van der Waals surface area (Å²) in [4.78, 5) is 16.7. The van der Waals surface area contributed by atoms with Gasteiger partial charge in [-0.05, 0) is 37.3 Å². The van der Waals surface area contributed by atoms with Crippen molar-refractivity contribution in [3.63, 3.8) is 0 Å². The lowest BCUT2D eigenvalue weighted by atomic mass is 10.1. The lowest BCUT2D eigenvalue weighted by molar-refractivity contribution is -0.118. The molecule has 0 fully saturated rings. The van der Waals surface area contributed by atoms with Crippen LogP contribution in [0.2, 0.25) is 0 Å². The molecule has 0 saturated carbocycles. The predicted octanol–water partition coefficient (Wildman–Crippen LogP) is 3.96. The molecule has 0 bridgehead atoms. The molecule has 0 atom stereocenters. The van der Waals surface area contributed by atoms with E-state index in [4.69, 9.17) is 18.9 Å². The summed E-state index contributed by atoms with van der Waals surface area (Å²) in [5.74, 6) is 2.25. The summed E-state index contributed by atoms with van der Waals surface area (Å²) in [5, 5.41) is 5.13. The second-order valence-corrected chi connectivity index (χ2v) is 6.68. The smallest absolute Gasteiger partial charge is 0.264 e. The highest BCUT2D eigenvalue weighted by atomic mass is 32.1. The lowest BCUT2D eigenvalue weighted by Gasteiger charge is -2.10. The van der Waals surface area contributed by atoms with Gasteiger partial charge in [0.2, 0.25) is 6.79 Å². The van der Waals surface area contributed by atoms with Crippen molar-refractivity contribution in [2.75, 3.05) is 25.3 Å². The first-order valence-electron chi connectivity index (χ1n) is 8.73. The first kappa shape index (κ1) is 18.1. The molecule has 1 amide bonds. The highest BCUT2D eigenvalue weighted by molar-refractivity contribution is 7.14. The van der Waals surface area contributed by atoms with Crippen molar-refractivity contribution >= 4 is 22.4 Å². The van der Waals surface area contributed by atoms with E-state index >= 15 is 0 Å². The van der Waals surface area contributed by atoms with Gasteiger partial charge < -0.3 is 18.9 Å². The molecule has 1 N–H and O–H groups in total. The van der Waals surface area contributed by atoms with E-state index in [0.29, 0.717) is 29.0 Å². The third-order valence-corrected chi connectivity index (χ3v) is 4.68. The summed E-state index contributed by atoms with van der Waals surface area (Å²) in [6.45, 7) is 2.50. The summed E-state index contributed by atoms with van der Waals surface area (Å²) in [5.41, 5.74) is 1.64. The second kappa shape index (κ2) is 8.18. The van der Waals surface area contributed by atoms with Crippen LogP contribution in [0.4, 0.5) is 5.13 Å². The zero-order valence-corrected chi connectivity index (χ0v) is 16.0. The van der Waals surface area contributed by atoms with Crippen molar-refractivity contribution in [3.8, 4) is 34.3 Å². The predicted molar refractivity (Wildman–Crippen MR) is 105 cm³/mol. The minimum atomic E-state index is -0.294. The normalized spacial score (nSPS) is 11.9. The number of hydrogen-bond donors (Lipinski definition) is 1. The number of nitrogens with zero attached hydrogens (tertiary/aromatic N) is 1. The number of fused-ring (bicyclic) bond motifs is 1. The minimum absolute atomic E-state index is 0.136. The van der Waals surface area contributed by atoms with Crippen LogP contribution < -0.4 is 24.3 Å². The number of carbonyl (C=O) groups excluding carboxylic acids is 1. The fraction of sp³-hybridized carbons (Fsp3) is 0.200. The van der Waals surface area contributed by atoms with E-state index in [-0.39, 0.29) is 19.3 Å². The van der Waals surface area contributed by atoms with Gasteiger partial charge in [-0.25, -0.2) is 4.98 Å². The van der Waals surface area contributed by atoms with Crippen molar-refractivity contribution in [2.45, 2.75) is 6.92 Å². The molecule has 8 heteroatoms. The van der Waals surface area contributed by atoms with Crippen molar-refractivity contribution in [1.29, 1.82) is 0 Å². The van der Waals surface area contributed by atoms with Crippen molar-refractivity contribution < 1.29 is 23.7 Å². The van der Waals surface area contributed by atoms with Gasteiger partial charge in [-0.3, -0.25) is 10.1 Å². The highest BCUT2D eigenvalue weighted by Gasteiger charge is 2.16. The molecule has 0 saturated heterocycles. The maximum Gasteiger partial charge on any atom is 0.264 e. The molecule has 0 unspecified atom stereocenters.